The van der Waals surface area contributed by atoms with Gasteiger partial charge in [0.15, 0.2) is 0 Å². The third-order valence-electron chi connectivity index (χ3n) is 4.01. The number of nitro benzene ring substituents is 1. The minimum absolute atomic E-state index is 0.0567. The molecule has 2 heterocycles. The van der Waals surface area contributed by atoms with Gasteiger partial charge in [0.1, 0.15) is 5.52 Å². The highest BCUT2D eigenvalue weighted by molar-refractivity contribution is 5.97. The lowest BCUT2D eigenvalue weighted by Gasteiger charge is -2.44. The second-order valence-electron chi connectivity index (χ2n) is 5.90. The molecule has 2 aromatic rings. The number of nitrogens with zero attached hydrogens (tertiary/aromatic N) is 3. The Hall–Kier alpha value is -2.21. The number of piperazine rings is 1. The maximum Gasteiger partial charge on any atom is 0.278 e. The van der Waals surface area contributed by atoms with Crippen molar-refractivity contribution in [3.05, 3.63) is 40.6 Å². The summed E-state index contributed by atoms with van der Waals surface area (Å²) < 4.78 is 0. The van der Waals surface area contributed by atoms with Crippen molar-refractivity contribution in [2.45, 2.75) is 19.4 Å². The lowest BCUT2D eigenvalue weighted by molar-refractivity contribution is -0.383. The fourth-order valence-electron chi connectivity index (χ4n) is 2.95. The molecule has 0 spiro atoms. The number of benzene rings is 1. The molecule has 0 amide bonds. The molecule has 1 aliphatic heterocycles. The van der Waals surface area contributed by atoms with E-state index in [1.165, 1.54) is 0 Å². The van der Waals surface area contributed by atoms with Gasteiger partial charge in [-0.05, 0) is 32.0 Å². The van der Waals surface area contributed by atoms with Crippen LogP contribution < -0.4 is 10.2 Å². The smallest absolute Gasteiger partial charge is 0.278 e. The Kier molecular flexibility index (Phi) is 3.25. The number of fused-ring (bicyclic) bond motifs is 1. The fraction of sp³-hybridized carbons (Fsp3) is 0.400. The summed E-state index contributed by atoms with van der Waals surface area (Å²) in [6.07, 6.45) is 1.69. The first-order valence-corrected chi connectivity index (χ1v) is 7.01. The average Bonchev–Trinajstić information content (AvgIpc) is 2.46. The molecule has 1 saturated heterocycles. The number of nitro groups is 1. The van der Waals surface area contributed by atoms with Crippen molar-refractivity contribution in [3.8, 4) is 0 Å². The van der Waals surface area contributed by atoms with E-state index in [1.807, 2.05) is 6.07 Å². The van der Waals surface area contributed by atoms with Crippen molar-refractivity contribution in [3.63, 3.8) is 0 Å². The molecular weight excluding hydrogens is 268 g/mol. The highest BCUT2D eigenvalue weighted by Crippen LogP contribution is 2.35. The Balaban J connectivity index is 2.20. The molecule has 0 saturated carbocycles. The summed E-state index contributed by atoms with van der Waals surface area (Å²) in [5.41, 5.74) is 1.71. The van der Waals surface area contributed by atoms with Crippen LogP contribution >= 0.6 is 0 Å². The summed E-state index contributed by atoms with van der Waals surface area (Å²) in [5.74, 6) is 0. The van der Waals surface area contributed by atoms with Crippen LogP contribution in [0.25, 0.3) is 10.9 Å². The van der Waals surface area contributed by atoms with Crippen molar-refractivity contribution in [2.75, 3.05) is 24.5 Å². The molecule has 0 bridgehead atoms. The Morgan fingerprint density at radius 3 is 2.90 bits per heavy atom. The summed E-state index contributed by atoms with van der Waals surface area (Å²) in [4.78, 5) is 17.5. The Morgan fingerprint density at radius 1 is 1.38 bits per heavy atom. The van der Waals surface area contributed by atoms with Gasteiger partial charge in [-0.3, -0.25) is 15.1 Å². The average molecular weight is 286 g/mol. The Labute approximate surface area is 122 Å². The van der Waals surface area contributed by atoms with Crippen LogP contribution in [0.3, 0.4) is 0 Å². The van der Waals surface area contributed by atoms with Crippen LogP contribution in [0.5, 0.6) is 0 Å². The number of non-ortho nitro benzene ring substituents is 1. The molecule has 6 heteroatoms. The minimum atomic E-state index is -0.351. The van der Waals surface area contributed by atoms with E-state index in [2.05, 4.69) is 29.0 Å². The van der Waals surface area contributed by atoms with Gasteiger partial charge in [0.25, 0.3) is 5.69 Å². The molecular formula is C15H18N4O2. The summed E-state index contributed by atoms with van der Waals surface area (Å²) in [6.45, 7) is 6.95. The third-order valence-corrected chi connectivity index (χ3v) is 4.01. The zero-order valence-corrected chi connectivity index (χ0v) is 12.2. The number of aromatic nitrogens is 1. The van der Waals surface area contributed by atoms with Crippen LogP contribution in [0.4, 0.5) is 11.4 Å². The Morgan fingerprint density at radius 2 is 2.19 bits per heavy atom. The molecule has 0 radical (unpaired) electrons. The molecule has 1 fully saturated rings. The Bertz CT molecular complexity index is 699. The predicted molar refractivity (Wildman–Crippen MR) is 82.7 cm³/mol. The van der Waals surface area contributed by atoms with Gasteiger partial charge in [-0.25, -0.2) is 0 Å². The standard InChI is InChI=1S/C15H18N4O2/c1-15(2)10-16-8-9-18(15)13-6-5-12(19(20)21)11-4-3-7-17-14(11)13/h3-7,16H,8-10H2,1-2H3. The summed E-state index contributed by atoms with van der Waals surface area (Å²) in [5, 5.41) is 15.2. The van der Waals surface area contributed by atoms with Crippen LogP contribution in [-0.2, 0) is 0 Å². The van der Waals surface area contributed by atoms with Gasteiger partial charge in [-0.1, -0.05) is 0 Å². The number of hydrogen-bond donors (Lipinski definition) is 1. The van der Waals surface area contributed by atoms with E-state index in [1.54, 1.807) is 24.4 Å². The highest BCUT2D eigenvalue weighted by atomic mass is 16.6. The van der Waals surface area contributed by atoms with E-state index < -0.39 is 0 Å². The summed E-state index contributed by atoms with van der Waals surface area (Å²) in [6, 6.07) is 6.90. The number of nitrogens with one attached hydrogen (secondary N) is 1. The van der Waals surface area contributed by atoms with Gasteiger partial charge in [0, 0.05) is 37.4 Å². The van der Waals surface area contributed by atoms with Gasteiger partial charge in [-0.2, -0.15) is 0 Å². The van der Waals surface area contributed by atoms with Crippen LogP contribution in [0.15, 0.2) is 30.5 Å². The summed E-state index contributed by atoms with van der Waals surface area (Å²) in [7, 11) is 0. The van der Waals surface area contributed by atoms with Crippen molar-refractivity contribution in [2.24, 2.45) is 0 Å². The van der Waals surface area contributed by atoms with E-state index >= 15 is 0 Å². The maximum absolute atomic E-state index is 11.2. The predicted octanol–water partition coefficient (Wildman–Crippen LogP) is 2.33. The lowest BCUT2D eigenvalue weighted by atomic mass is 9.98. The van der Waals surface area contributed by atoms with Gasteiger partial charge < -0.3 is 10.2 Å². The van der Waals surface area contributed by atoms with Crippen molar-refractivity contribution in [1.29, 1.82) is 0 Å². The lowest BCUT2D eigenvalue weighted by Crippen LogP contribution is -2.58. The molecule has 1 aliphatic rings. The van der Waals surface area contributed by atoms with Crippen molar-refractivity contribution in [1.82, 2.24) is 10.3 Å². The zero-order valence-electron chi connectivity index (χ0n) is 12.2. The minimum Gasteiger partial charge on any atom is -0.362 e. The molecule has 0 aliphatic carbocycles. The second-order valence-corrected chi connectivity index (χ2v) is 5.90. The molecule has 6 nitrogen and oxygen atoms in total. The number of anilines is 1. The molecule has 1 aromatic heterocycles. The second kappa shape index (κ2) is 4.96. The van der Waals surface area contributed by atoms with Crippen molar-refractivity contribution >= 4 is 22.3 Å². The number of pyridine rings is 1. The zero-order chi connectivity index (χ0) is 15.0. The number of rotatable bonds is 2. The van der Waals surface area contributed by atoms with Gasteiger partial charge in [0.2, 0.25) is 0 Å². The van der Waals surface area contributed by atoms with Crippen molar-refractivity contribution < 1.29 is 4.92 Å². The van der Waals surface area contributed by atoms with E-state index in [-0.39, 0.29) is 16.1 Å². The largest absolute Gasteiger partial charge is 0.362 e. The van der Waals surface area contributed by atoms with Crippen LogP contribution in [-0.4, -0.2) is 35.1 Å². The van der Waals surface area contributed by atoms with Gasteiger partial charge >= 0.3 is 0 Å². The number of hydrogen-bond acceptors (Lipinski definition) is 5. The third kappa shape index (κ3) is 2.31. The maximum atomic E-state index is 11.2. The fourth-order valence-corrected chi connectivity index (χ4v) is 2.95. The monoisotopic (exact) mass is 286 g/mol. The van der Waals surface area contributed by atoms with E-state index in [9.17, 15) is 10.1 Å². The van der Waals surface area contributed by atoms with Gasteiger partial charge in [-0.15, -0.1) is 0 Å². The van der Waals surface area contributed by atoms with Gasteiger partial charge in [0.05, 0.1) is 16.0 Å². The SMILES string of the molecule is CC1(C)CNCCN1c1ccc([N+](=O)[O-])c2cccnc12. The van der Waals surface area contributed by atoms with E-state index in [4.69, 9.17) is 0 Å². The molecule has 110 valence electrons. The molecule has 0 atom stereocenters. The molecule has 1 N–H and O–H groups in total. The molecule has 21 heavy (non-hydrogen) atoms. The normalized spacial score (nSPS) is 17.9. The van der Waals surface area contributed by atoms with Crippen LogP contribution in [0.2, 0.25) is 0 Å². The molecule has 1 aromatic carbocycles. The molecule has 0 unspecified atom stereocenters. The van der Waals surface area contributed by atoms with E-state index in [0.29, 0.717) is 10.9 Å². The van der Waals surface area contributed by atoms with Crippen LogP contribution in [0.1, 0.15) is 13.8 Å². The highest BCUT2D eigenvalue weighted by Gasteiger charge is 2.31. The first-order chi connectivity index (χ1) is 10.0. The first kappa shape index (κ1) is 13.8. The van der Waals surface area contributed by atoms with E-state index in [0.717, 1.165) is 25.3 Å². The summed E-state index contributed by atoms with van der Waals surface area (Å²) >= 11 is 0. The molecule has 3 rings (SSSR count). The quantitative estimate of drug-likeness (QED) is 0.677. The van der Waals surface area contributed by atoms with Crippen LogP contribution in [0, 0.1) is 10.1 Å². The topological polar surface area (TPSA) is 71.3 Å². The first-order valence-electron chi connectivity index (χ1n) is 7.01.